The zero-order valence-electron chi connectivity index (χ0n) is 16.8. The zero-order valence-corrected chi connectivity index (χ0v) is 16.8. The topological polar surface area (TPSA) is 62.6 Å². The average Bonchev–Trinajstić information content (AvgIpc) is 3.46. The summed E-state index contributed by atoms with van der Waals surface area (Å²) in [5.74, 6) is -1.01. The van der Waals surface area contributed by atoms with E-state index in [4.69, 9.17) is 0 Å². The van der Waals surface area contributed by atoms with Crippen molar-refractivity contribution in [2.75, 3.05) is 11.4 Å². The van der Waals surface area contributed by atoms with E-state index in [0.29, 0.717) is 22.2 Å². The summed E-state index contributed by atoms with van der Waals surface area (Å²) in [7, 11) is 0. The summed E-state index contributed by atoms with van der Waals surface area (Å²) in [6.45, 7) is -1.32. The molecule has 0 unspecified atom stereocenters. The van der Waals surface area contributed by atoms with E-state index in [-0.39, 0.29) is 24.3 Å². The summed E-state index contributed by atoms with van der Waals surface area (Å²) in [6.07, 6.45) is -1.78. The van der Waals surface area contributed by atoms with Crippen molar-refractivity contribution < 1.29 is 26.3 Å². The predicted molar refractivity (Wildman–Crippen MR) is 107 cm³/mol. The average molecular weight is 466 g/mol. The predicted octanol–water partition coefficient (Wildman–Crippen LogP) is 4.95. The van der Waals surface area contributed by atoms with Gasteiger partial charge in [-0.2, -0.15) is 23.4 Å². The molecule has 5 rings (SSSR count). The maximum absolute atomic E-state index is 14.4. The molecule has 2 atom stereocenters. The van der Waals surface area contributed by atoms with Gasteiger partial charge in [-0.3, -0.25) is 9.78 Å². The van der Waals surface area contributed by atoms with E-state index in [2.05, 4.69) is 20.3 Å². The quantitative estimate of drug-likeness (QED) is 0.433. The van der Waals surface area contributed by atoms with Crippen LogP contribution in [-0.2, 0) is 6.54 Å². The lowest BCUT2D eigenvalue weighted by molar-refractivity contribution is -0.142. The van der Waals surface area contributed by atoms with Crippen LogP contribution in [0.25, 0.3) is 22.2 Å². The minimum atomic E-state index is -4.41. The number of fused-ring (bicyclic) bond motifs is 1. The molecule has 0 radical (unpaired) electrons. The Kier molecular flexibility index (Phi) is 5.02. The molecule has 1 N–H and O–H groups in total. The number of pyridine rings is 1. The normalized spacial score (nSPS) is 19.0. The molecule has 0 saturated carbocycles. The van der Waals surface area contributed by atoms with Crippen LogP contribution < -0.4 is 4.90 Å². The van der Waals surface area contributed by atoms with Gasteiger partial charge in [0.1, 0.15) is 24.4 Å². The second-order valence-corrected chi connectivity index (χ2v) is 7.88. The van der Waals surface area contributed by atoms with E-state index in [1.807, 2.05) is 0 Å². The van der Waals surface area contributed by atoms with Gasteiger partial charge in [0.15, 0.2) is 11.5 Å². The van der Waals surface area contributed by atoms with Gasteiger partial charge in [-0.1, -0.05) is 0 Å². The Morgan fingerprint density at radius 2 is 1.91 bits per heavy atom. The molecule has 0 spiro atoms. The third-order valence-corrected chi connectivity index (χ3v) is 5.54. The number of aromatic nitrogens is 5. The van der Waals surface area contributed by atoms with Gasteiger partial charge in [0.05, 0.1) is 24.2 Å². The number of halogens is 6. The Morgan fingerprint density at radius 3 is 2.70 bits per heavy atom. The minimum Gasteiger partial charge on any atom is -0.344 e. The second-order valence-electron chi connectivity index (χ2n) is 7.88. The van der Waals surface area contributed by atoms with E-state index >= 15 is 0 Å². The summed E-state index contributed by atoms with van der Waals surface area (Å²) >= 11 is 0. The number of nitrogens with one attached hydrogen (secondary N) is 1. The Morgan fingerprint density at radius 1 is 1.09 bits per heavy atom. The first-order valence-corrected chi connectivity index (χ1v) is 9.97. The highest BCUT2D eigenvalue weighted by molar-refractivity contribution is 5.91. The van der Waals surface area contributed by atoms with Crippen molar-refractivity contribution in [1.82, 2.24) is 25.0 Å². The Bertz CT molecular complexity index is 1310. The summed E-state index contributed by atoms with van der Waals surface area (Å²) in [6, 6.07) is 3.87. The first kappa shape index (κ1) is 21.3. The molecular formula is C21H16F6N6. The molecule has 172 valence electrons. The monoisotopic (exact) mass is 466 g/mol. The highest BCUT2D eigenvalue weighted by atomic mass is 19.4. The number of nitrogens with zero attached hydrogens (tertiary/aromatic N) is 5. The van der Waals surface area contributed by atoms with Crippen LogP contribution in [0.3, 0.4) is 0 Å². The highest BCUT2D eigenvalue weighted by Gasteiger charge is 2.37. The van der Waals surface area contributed by atoms with E-state index < -0.39 is 36.6 Å². The molecule has 1 aliphatic heterocycles. The molecule has 3 aromatic heterocycles. The van der Waals surface area contributed by atoms with Crippen LogP contribution in [0.5, 0.6) is 0 Å². The Hall–Kier alpha value is -3.57. The lowest BCUT2D eigenvalue weighted by atomic mass is 10.0. The summed E-state index contributed by atoms with van der Waals surface area (Å²) in [5.41, 5.74) is 1.25. The smallest absolute Gasteiger partial charge is 0.344 e. The van der Waals surface area contributed by atoms with Crippen molar-refractivity contribution in [3.63, 3.8) is 0 Å². The third-order valence-electron chi connectivity index (χ3n) is 5.54. The first-order chi connectivity index (χ1) is 15.7. The van der Waals surface area contributed by atoms with Crippen LogP contribution in [0.1, 0.15) is 18.0 Å². The number of benzene rings is 1. The number of anilines is 1. The van der Waals surface area contributed by atoms with Gasteiger partial charge >= 0.3 is 6.18 Å². The maximum atomic E-state index is 14.4. The molecule has 1 aromatic carbocycles. The molecule has 1 fully saturated rings. The molecule has 4 heterocycles. The lowest BCUT2D eigenvalue weighted by Gasteiger charge is -2.25. The van der Waals surface area contributed by atoms with Crippen molar-refractivity contribution in [1.29, 1.82) is 0 Å². The number of alkyl halides is 4. The van der Waals surface area contributed by atoms with Crippen LogP contribution in [0.2, 0.25) is 0 Å². The van der Waals surface area contributed by atoms with Gasteiger partial charge in [-0.05, 0) is 24.3 Å². The summed E-state index contributed by atoms with van der Waals surface area (Å²) in [4.78, 5) is 5.79. The number of H-pyrrole nitrogens is 1. The van der Waals surface area contributed by atoms with Gasteiger partial charge in [-0.25, -0.2) is 18.2 Å². The van der Waals surface area contributed by atoms with E-state index in [1.54, 1.807) is 11.0 Å². The first-order valence-electron chi connectivity index (χ1n) is 9.97. The van der Waals surface area contributed by atoms with E-state index in [0.717, 1.165) is 22.9 Å². The van der Waals surface area contributed by atoms with Crippen LogP contribution in [0.15, 0.2) is 42.9 Å². The van der Waals surface area contributed by atoms with Crippen molar-refractivity contribution in [3.8, 4) is 11.1 Å². The number of rotatable bonds is 4. The van der Waals surface area contributed by atoms with Crippen LogP contribution in [0.4, 0.5) is 32.2 Å². The molecule has 1 saturated heterocycles. The van der Waals surface area contributed by atoms with E-state index in [9.17, 15) is 26.3 Å². The van der Waals surface area contributed by atoms with E-state index in [1.165, 1.54) is 18.6 Å². The molecule has 1 aliphatic rings. The molecule has 0 aliphatic carbocycles. The molecular weight excluding hydrogens is 450 g/mol. The van der Waals surface area contributed by atoms with Crippen LogP contribution in [-0.4, -0.2) is 43.9 Å². The van der Waals surface area contributed by atoms with Gasteiger partial charge in [0, 0.05) is 35.5 Å². The molecule has 6 nitrogen and oxygen atoms in total. The van der Waals surface area contributed by atoms with Crippen molar-refractivity contribution in [3.05, 3.63) is 60.1 Å². The third kappa shape index (κ3) is 4.12. The number of hydrogen-bond acceptors (Lipinski definition) is 4. The molecule has 0 amide bonds. The van der Waals surface area contributed by atoms with Gasteiger partial charge in [0.25, 0.3) is 0 Å². The molecule has 12 heteroatoms. The van der Waals surface area contributed by atoms with Crippen molar-refractivity contribution in [2.45, 2.75) is 31.4 Å². The summed E-state index contributed by atoms with van der Waals surface area (Å²) in [5, 5.41) is 11.1. The van der Waals surface area contributed by atoms with Crippen LogP contribution >= 0.6 is 0 Å². The van der Waals surface area contributed by atoms with Gasteiger partial charge in [-0.15, -0.1) is 0 Å². The fourth-order valence-corrected chi connectivity index (χ4v) is 4.13. The standard InChI is InChI=1S/C21H16F6N6/c22-13-1-2-17(24)15(4-13)18-5-14(23)9-33(18)20-16-3-11(6-28-19(16)30-31-20)12-7-29-32(8-12)10-21(25,26)27/h1-4,6-8,14,18H,5,9-10H2,(H,28,30,31)/t14-,18+/m0/s1. The molecule has 0 bridgehead atoms. The highest BCUT2D eigenvalue weighted by Crippen LogP contribution is 2.40. The second kappa shape index (κ2) is 7.78. The Balaban J connectivity index is 1.53. The van der Waals surface area contributed by atoms with Gasteiger partial charge in [0.2, 0.25) is 0 Å². The van der Waals surface area contributed by atoms with Crippen molar-refractivity contribution in [2.24, 2.45) is 0 Å². The molecule has 33 heavy (non-hydrogen) atoms. The van der Waals surface area contributed by atoms with Crippen LogP contribution in [0, 0.1) is 11.6 Å². The largest absolute Gasteiger partial charge is 0.408 e. The fourth-order valence-electron chi connectivity index (χ4n) is 4.13. The fraction of sp³-hybridized carbons (Fsp3) is 0.286. The van der Waals surface area contributed by atoms with Gasteiger partial charge < -0.3 is 4.90 Å². The van der Waals surface area contributed by atoms with Crippen molar-refractivity contribution >= 4 is 16.9 Å². The number of hydrogen-bond donors (Lipinski definition) is 1. The lowest BCUT2D eigenvalue weighted by Crippen LogP contribution is -2.25. The summed E-state index contributed by atoms with van der Waals surface area (Å²) < 4.78 is 81.3. The maximum Gasteiger partial charge on any atom is 0.408 e. The minimum absolute atomic E-state index is 0.0174. The Labute approximate surface area is 182 Å². The zero-order chi connectivity index (χ0) is 23.3. The molecule has 4 aromatic rings. The SMILES string of the molecule is Fc1ccc(F)c([C@H]2C[C@H](F)CN2c2n[nH]c3ncc(-c4cnn(CC(F)(F)F)c4)cc23)c1. The number of aromatic amines is 1.